The van der Waals surface area contributed by atoms with Crippen LogP contribution in [-0.2, 0) is 0 Å². The number of nitrogens with one attached hydrogen (secondary N) is 1. The van der Waals surface area contributed by atoms with Crippen LogP contribution in [0.1, 0.15) is 0 Å². The monoisotopic (exact) mass is 227 g/mol. The van der Waals surface area contributed by atoms with Crippen LogP contribution >= 0.6 is 0 Å². The normalized spacial score (nSPS) is 10.9. The van der Waals surface area contributed by atoms with Gasteiger partial charge in [-0.1, -0.05) is 24.3 Å². The lowest BCUT2D eigenvalue weighted by molar-refractivity contribution is 0.417. The van der Waals surface area contributed by atoms with Crippen molar-refractivity contribution in [2.45, 2.75) is 0 Å². The highest BCUT2D eigenvalue weighted by Gasteiger charge is 2.10. The number of rotatable bonds is 2. The highest BCUT2D eigenvalue weighted by atomic mass is 16.5. The summed E-state index contributed by atoms with van der Waals surface area (Å²) in [5.41, 5.74) is 2.02. The van der Waals surface area contributed by atoms with Crippen molar-refractivity contribution in [3.05, 3.63) is 36.4 Å². The number of benzene rings is 2. The minimum Gasteiger partial charge on any atom is -0.495 e. The van der Waals surface area contributed by atoms with Gasteiger partial charge >= 0.3 is 0 Å². The van der Waals surface area contributed by atoms with Gasteiger partial charge in [-0.05, 0) is 12.1 Å². The molecule has 3 nitrogen and oxygen atoms in total. The van der Waals surface area contributed by atoms with Gasteiger partial charge in [0.05, 0.1) is 25.3 Å². The van der Waals surface area contributed by atoms with Gasteiger partial charge in [-0.25, -0.2) is 0 Å². The molecule has 3 aromatic rings. The number of ether oxygens (including phenoxy) is 2. The maximum atomic E-state index is 5.36. The molecule has 0 amide bonds. The smallest absolute Gasteiger partial charge is 0.142 e. The van der Waals surface area contributed by atoms with Crippen LogP contribution in [0.25, 0.3) is 21.8 Å². The number of hydrogen-bond donors (Lipinski definition) is 1. The van der Waals surface area contributed by atoms with Crippen LogP contribution in [0.5, 0.6) is 11.5 Å². The zero-order valence-corrected chi connectivity index (χ0v) is 9.78. The Hall–Kier alpha value is -2.16. The number of para-hydroxylation sites is 2. The SMILES string of the molecule is COc1cccc2c1[nH]c1c(OC)cccc12. The van der Waals surface area contributed by atoms with E-state index in [2.05, 4.69) is 17.1 Å². The zero-order chi connectivity index (χ0) is 11.8. The predicted octanol–water partition coefficient (Wildman–Crippen LogP) is 3.34. The van der Waals surface area contributed by atoms with Crippen molar-refractivity contribution in [2.75, 3.05) is 14.2 Å². The van der Waals surface area contributed by atoms with Crippen LogP contribution in [0.15, 0.2) is 36.4 Å². The van der Waals surface area contributed by atoms with Crippen LogP contribution in [0.3, 0.4) is 0 Å². The highest BCUT2D eigenvalue weighted by molar-refractivity contribution is 6.10. The molecule has 3 heteroatoms. The molecule has 0 aliphatic carbocycles. The van der Waals surface area contributed by atoms with E-state index in [0.717, 1.165) is 33.3 Å². The first-order valence-electron chi connectivity index (χ1n) is 5.46. The van der Waals surface area contributed by atoms with E-state index in [1.807, 2.05) is 24.3 Å². The van der Waals surface area contributed by atoms with Gasteiger partial charge in [0, 0.05) is 10.8 Å². The molecule has 2 aromatic carbocycles. The summed E-state index contributed by atoms with van der Waals surface area (Å²) < 4.78 is 10.7. The van der Waals surface area contributed by atoms with E-state index in [1.165, 1.54) is 0 Å². The molecule has 0 aliphatic rings. The molecule has 1 aromatic heterocycles. The summed E-state index contributed by atoms with van der Waals surface area (Å²) in [7, 11) is 3.36. The van der Waals surface area contributed by atoms with Gasteiger partial charge < -0.3 is 14.5 Å². The molecule has 0 unspecified atom stereocenters. The Morgan fingerprint density at radius 3 is 1.65 bits per heavy atom. The largest absolute Gasteiger partial charge is 0.495 e. The van der Waals surface area contributed by atoms with Crippen molar-refractivity contribution >= 4 is 21.8 Å². The summed E-state index contributed by atoms with van der Waals surface area (Å²) in [6, 6.07) is 12.0. The van der Waals surface area contributed by atoms with Crippen molar-refractivity contribution in [3.63, 3.8) is 0 Å². The Bertz CT molecular complexity index is 627. The molecule has 0 saturated heterocycles. The number of hydrogen-bond acceptors (Lipinski definition) is 2. The Labute approximate surface area is 99.0 Å². The van der Waals surface area contributed by atoms with Crippen LogP contribution < -0.4 is 9.47 Å². The molecule has 3 rings (SSSR count). The fourth-order valence-electron chi connectivity index (χ4n) is 2.23. The standard InChI is InChI=1S/C14H13NO2/c1-16-11-7-3-5-9-10-6-4-8-12(17-2)14(10)15-13(9)11/h3-8,15H,1-2H3. The Morgan fingerprint density at radius 1 is 0.765 bits per heavy atom. The van der Waals surface area contributed by atoms with Gasteiger partial charge in [-0.2, -0.15) is 0 Å². The molecule has 0 saturated carbocycles. The summed E-state index contributed by atoms with van der Waals surface area (Å²) >= 11 is 0. The molecule has 0 spiro atoms. The fraction of sp³-hybridized carbons (Fsp3) is 0.143. The second-order valence-corrected chi connectivity index (χ2v) is 3.89. The molecule has 0 bridgehead atoms. The highest BCUT2D eigenvalue weighted by Crippen LogP contribution is 2.35. The molecular formula is C14H13NO2. The molecular weight excluding hydrogens is 214 g/mol. The molecule has 17 heavy (non-hydrogen) atoms. The number of H-pyrrole nitrogens is 1. The summed E-state index contributed by atoms with van der Waals surface area (Å²) in [6.45, 7) is 0. The minimum atomic E-state index is 0.848. The van der Waals surface area contributed by atoms with Crippen molar-refractivity contribution in [1.82, 2.24) is 4.98 Å². The average molecular weight is 227 g/mol. The first kappa shape index (κ1) is 10.0. The first-order valence-corrected chi connectivity index (χ1v) is 5.46. The molecule has 1 N–H and O–H groups in total. The summed E-state index contributed by atoms with van der Waals surface area (Å²) in [6.07, 6.45) is 0. The topological polar surface area (TPSA) is 34.2 Å². The first-order chi connectivity index (χ1) is 8.35. The van der Waals surface area contributed by atoms with Crippen molar-refractivity contribution in [1.29, 1.82) is 0 Å². The van der Waals surface area contributed by atoms with Gasteiger partial charge in [0.25, 0.3) is 0 Å². The van der Waals surface area contributed by atoms with E-state index in [-0.39, 0.29) is 0 Å². The second kappa shape index (κ2) is 3.70. The quantitative estimate of drug-likeness (QED) is 0.728. The van der Waals surface area contributed by atoms with Crippen molar-refractivity contribution in [2.24, 2.45) is 0 Å². The van der Waals surface area contributed by atoms with E-state index in [0.29, 0.717) is 0 Å². The maximum absolute atomic E-state index is 5.36. The zero-order valence-electron chi connectivity index (χ0n) is 9.78. The molecule has 0 aliphatic heterocycles. The second-order valence-electron chi connectivity index (χ2n) is 3.89. The van der Waals surface area contributed by atoms with Gasteiger partial charge in [-0.15, -0.1) is 0 Å². The summed E-state index contributed by atoms with van der Waals surface area (Å²) in [4.78, 5) is 3.37. The van der Waals surface area contributed by atoms with Gasteiger partial charge in [-0.3, -0.25) is 0 Å². The number of aromatic nitrogens is 1. The minimum absolute atomic E-state index is 0.848. The molecule has 1 heterocycles. The third-order valence-electron chi connectivity index (χ3n) is 3.03. The Kier molecular flexibility index (Phi) is 2.18. The van der Waals surface area contributed by atoms with E-state index >= 15 is 0 Å². The lowest BCUT2D eigenvalue weighted by atomic mass is 10.1. The van der Waals surface area contributed by atoms with Gasteiger partial charge in [0.15, 0.2) is 0 Å². The van der Waals surface area contributed by atoms with Crippen molar-refractivity contribution in [3.8, 4) is 11.5 Å². The molecule has 0 radical (unpaired) electrons. The van der Waals surface area contributed by atoms with E-state index in [9.17, 15) is 0 Å². The van der Waals surface area contributed by atoms with E-state index in [4.69, 9.17) is 9.47 Å². The summed E-state index contributed by atoms with van der Waals surface area (Å²) in [5, 5.41) is 2.30. The maximum Gasteiger partial charge on any atom is 0.142 e. The van der Waals surface area contributed by atoms with E-state index in [1.54, 1.807) is 14.2 Å². The fourth-order valence-corrected chi connectivity index (χ4v) is 2.23. The van der Waals surface area contributed by atoms with Gasteiger partial charge in [0.2, 0.25) is 0 Å². The Morgan fingerprint density at radius 2 is 1.24 bits per heavy atom. The molecule has 0 fully saturated rings. The molecule has 0 atom stereocenters. The molecule has 86 valence electrons. The van der Waals surface area contributed by atoms with Crippen LogP contribution in [0, 0.1) is 0 Å². The lowest BCUT2D eigenvalue weighted by Crippen LogP contribution is -1.84. The van der Waals surface area contributed by atoms with Crippen LogP contribution in [0.4, 0.5) is 0 Å². The number of methoxy groups -OCH3 is 2. The third-order valence-corrected chi connectivity index (χ3v) is 3.03. The van der Waals surface area contributed by atoms with E-state index < -0.39 is 0 Å². The number of fused-ring (bicyclic) bond motifs is 3. The van der Waals surface area contributed by atoms with Gasteiger partial charge in [0.1, 0.15) is 11.5 Å². The summed E-state index contributed by atoms with van der Waals surface area (Å²) in [5.74, 6) is 1.70. The lowest BCUT2D eigenvalue weighted by Gasteiger charge is -1.99. The predicted molar refractivity (Wildman–Crippen MR) is 68.9 cm³/mol. The Balaban J connectivity index is 2.49. The third kappa shape index (κ3) is 1.35. The van der Waals surface area contributed by atoms with Crippen molar-refractivity contribution < 1.29 is 9.47 Å². The number of aromatic amines is 1. The average Bonchev–Trinajstić information content (AvgIpc) is 2.77. The van der Waals surface area contributed by atoms with Crippen LogP contribution in [0.2, 0.25) is 0 Å². The van der Waals surface area contributed by atoms with Crippen LogP contribution in [-0.4, -0.2) is 19.2 Å².